The van der Waals surface area contributed by atoms with Gasteiger partial charge in [-0.3, -0.25) is 9.59 Å². The minimum absolute atomic E-state index is 0.00922. The Morgan fingerprint density at radius 2 is 1.66 bits per heavy atom. The third-order valence-electron chi connectivity index (χ3n) is 6.56. The summed E-state index contributed by atoms with van der Waals surface area (Å²) >= 11 is 0. The number of carbonyl (C=O) groups is 2. The molecule has 9 nitrogen and oxygen atoms in total. The van der Waals surface area contributed by atoms with Gasteiger partial charge in [0.05, 0.1) is 5.92 Å². The quantitative estimate of drug-likeness (QED) is 0.611. The molecule has 35 heavy (non-hydrogen) atoms. The summed E-state index contributed by atoms with van der Waals surface area (Å²) in [7, 11) is 0. The summed E-state index contributed by atoms with van der Waals surface area (Å²) < 4.78 is 0. The van der Waals surface area contributed by atoms with Crippen molar-refractivity contribution >= 4 is 35.0 Å². The molecule has 5 rings (SSSR count). The highest BCUT2D eigenvalue weighted by atomic mass is 16.2. The molecule has 4 heterocycles. The zero-order chi connectivity index (χ0) is 24.4. The molecule has 2 aliphatic rings. The number of benzene rings is 1. The molecule has 2 aliphatic heterocycles. The van der Waals surface area contributed by atoms with Gasteiger partial charge in [-0.05, 0) is 43.7 Å². The minimum atomic E-state index is -0.299. The average molecular weight is 472 g/mol. The van der Waals surface area contributed by atoms with Crippen molar-refractivity contribution < 1.29 is 9.59 Å². The van der Waals surface area contributed by atoms with Crippen molar-refractivity contribution in [1.82, 2.24) is 19.9 Å². The number of rotatable bonds is 5. The predicted octanol–water partition coefficient (Wildman–Crippen LogP) is 2.93. The number of hydrogen-bond donors (Lipinski definition) is 1. The average Bonchev–Trinajstić information content (AvgIpc) is 3.26. The van der Waals surface area contributed by atoms with Crippen LogP contribution < -0.4 is 15.1 Å². The molecular formula is C26H29N7O2. The maximum absolute atomic E-state index is 13.2. The molecule has 0 spiro atoms. The molecular weight excluding hydrogens is 442 g/mol. The lowest BCUT2D eigenvalue weighted by atomic mass is 10.1. The van der Waals surface area contributed by atoms with Crippen molar-refractivity contribution in [3.05, 3.63) is 66.1 Å². The topological polar surface area (TPSA) is 94.6 Å². The molecule has 0 bridgehead atoms. The molecule has 1 aromatic carbocycles. The van der Waals surface area contributed by atoms with Crippen LogP contribution in [0.1, 0.15) is 17.5 Å². The highest BCUT2D eigenvalue weighted by Crippen LogP contribution is 2.27. The van der Waals surface area contributed by atoms with Crippen LogP contribution in [0.4, 0.5) is 23.1 Å². The van der Waals surface area contributed by atoms with Crippen molar-refractivity contribution in [2.24, 2.45) is 5.92 Å². The van der Waals surface area contributed by atoms with Gasteiger partial charge in [0, 0.05) is 57.1 Å². The number of piperazine rings is 1. The Hall–Kier alpha value is -4.01. The van der Waals surface area contributed by atoms with Crippen LogP contribution in [0.3, 0.4) is 0 Å². The molecule has 3 aromatic rings. The number of aryl methyl sites for hydroxylation is 2. The van der Waals surface area contributed by atoms with E-state index in [1.54, 1.807) is 11.1 Å². The number of hydrogen-bond acceptors (Lipinski definition) is 7. The molecule has 180 valence electrons. The second-order valence-electron chi connectivity index (χ2n) is 9.16. The summed E-state index contributed by atoms with van der Waals surface area (Å²) in [5, 5.41) is 3.22. The normalized spacial score (nSPS) is 18.2. The third-order valence-corrected chi connectivity index (χ3v) is 6.56. The Balaban J connectivity index is 1.18. The number of nitrogens with zero attached hydrogens (tertiary/aromatic N) is 6. The monoisotopic (exact) mass is 471 g/mol. The van der Waals surface area contributed by atoms with Crippen LogP contribution >= 0.6 is 0 Å². The Bertz CT molecular complexity index is 1220. The number of aromatic nitrogens is 3. The smallest absolute Gasteiger partial charge is 0.228 e. The van der Waals surface area contributed by atoms with E-state index in [-0.39, 0.29) is 24.2 Å². The fourth-order valence-corrected chi connectivity index (χ4v) is 4.59. The number of nitrogens with one attached hydrogen (secondary N) is 1. The van der Waals surface area contributed by atoms with Gasteiger partial charge in [-0.1, -0.05) is 17.7 Å². The zero-order valence-corrected chi connectivity index (χ0v) is 20.0. The molecule has 0 saturated carbocycles. The van der Waals surface area contributed by atoms with Gasteiger partial charge < -0.3 is 20.0 Å². The van der Waals surface area contributed by atoms with Gasteiger partial charge in [-0.25, -0.2) is 15.0 Å². The maximum Gasteiger partial charge on any atom is 0.228 e. The molecule has 2 saturated heterocycles. The van der Waals surface area contributed by atoms with Gasteiger partial charge in [-0.2, -0.15) is 0 Å². The Labute approximate surface area is 204 Å². The lowest BCUT2D eigenvalue weighted by Gasteiger charge is -2.36. The van der Waals surface area contributed by atoms with E-state index in [0.717, 1.165) is 28.5 Å². The van der Waals surface area contributed by atoms with Crippen molar-refractivity contribution in [2.75, 3.05) is 47.8 Å². The van der Waals surface area contributed by atoms with E-state index in [1.165, 1.54) is 6.33 Å². The molecule has 1 N–H and O–H groups in total. The van der Waals surface area contributed by atoms with Crippen molar-refractivity contribution in [3.63, 3.8) is 0 Å². The first-order chi connectivity index (χ1) is 17.0. The highest BCUT2D eigenvalue weighted by molar-refractivity contribution is 6.00. The summed E-state index contributed by atoms with van der Waals surface area (Å²) in [4.78, 5) is 44.6. The van der Waals surface area contributed by atoms with E-state index in [0.29, 0.717) is 38.5 Å². The van der Waals surface area contributed by atoms with E-state index in [4.69, 9.17) is 0 Å². The maximum atomic E-state index is 13.2. The Morgan fingerprint density at radius 1 is 0.914 bits per heavy atom. The van der Waals surface area contributed by atoms with E-state index >= 15 is 0 Å². The molecule has 2 aromatic heterocycles. The molecule has 9 heteroatoms. The summed E-state index contributed by atoms with van der Waals surface area (Å²) in [5.41, 5.74) is 3.11. The van der Waals surface area contributed by atoms with E-state index in [9.17, 15) is 9.59 Å². The molecule has 0 aliphatic carbocycles. The fraction of sp³-hybridized carbons (Fsp3) is 0.346. The second kappa shape index (κ2) is 9.69. The van der Waals surface area contributed by atoms with Gasteiger partial charge in [0.2, 0.25) is 11.8 Å². The van der Waals surface area contributed by atoms with Gasteiger partial charge >= 0.3 is 0 Å². The highest BCUT2D eigenvalue weighted by Gasteiger charge is 2.38. The first kappa shape index (κ1) is 22.8. The SMILES string of the molecule is Cc1ccc(N2CC(C(=O)N3CCN(c4cc(Nc5cc(C)ccn5)ncn4)CC3)CC2=O)cc1. The van der Waals surface area contributed by atoms with Crippen LogP contribution in [-0.2, 0) is 9.59 Å². The molecule has 2 amide bonds. The van der Waals surface area contributed by atoms with E-state index in [2.05, 4.69) is 25.2 Å². The van der Waals surface area contributed by atoms with Gasteiger partial charge in [0.15, 0.2) is 0 Å². The second-order valence-corrected chi connectivity index (χ2v) is 9.16. The molecule has 1 unspecified atom stereocenters. The molecule has 1 atom stereocenters. The van der Waals surface area contributed by atoms with Crippen molar-refractivity contribution in [2.45, 2.75) is 20.3 Å². The van der Waals surface area contributed by atoms with E-state index < -0.39 is 0 Å². The summed E-state index contributed by atoms with van der Waals surface area (Å²) in [6.45, 7) is 7.01. The number of carbonyl (C=O) groups excluding carboxylic acids is 2. The van der Waals surface area contributed by atoms with Crippen LogP contribution in [0, 0.1) is 19.8 Å². The van der Waals surface area contributed by atoms with Crippen molar-refractivity contribution in [1.29, 1.82) is 0 Å². The van der Waals surface area contributed by atoms with Crippen LogP contribution in [-0.4, -0.2) is 64.4 Å². The fourth-order valence-electron chi connectivity index (χ4n) is 4.59. The minimum Gasteiger partial charge on any atom is -0.353 e. The number of anilines is 4. The Kier molecular flexibility index (Phi) is 6.31. The zero-order valence-electron chi connectivity index (χ0n) is 20.0. The number of amides is 2. The summed E-state index contributed by atoms with van der Waals surface area (Å²) in [6.07, 6.45) is 3.56. The van der Waals surface area contributed by atoms with Gasteiger partial charge in [0.1, 0.15) is 23.8 Å². The molecule has 0 radical (unpaired) electrons. The van der Waals surface area contributed by atoms with E-state index in [1.807, 2.05) is 61.2 Å². The van der Waals surface area contributed by atoms with Crippen molar-refractivity contribution in [3.8, 4) is 0 Å². The predicted molar refractivity (Wildman–Crippen MR) is 135 cm³/mol. The summed E-state index contributed by atoms with van der Waals surface area (Å²) in [5.74, 6) is 1.98. The number of pyridine rings is 1. The third kappa shape index (κ3) is 5.08. The van der Waals surface area contributed by atoms with Gasteiger partial charge in [-0.15, -0.1) is 0 Å². The lowest BCUT2D eigenvalue weighted by molar-refractivity contribution is -0.136. The molecule has 2 fully saturated rings. The standard InChI is InChI=1S/C26H29N7O2/c1-18-3-5-21(6-4-18)33-16-20(14-25(33)34)26(35)32-11-9-31(10-12-32)24-15-23(28-17-29-24)30-22-13-19(2)7-8-27-22/h3-8,13,15,17,20H,9-12,14,16H2,1-2H3,(H,27,28,29,30). The van der Waals surface area contributed by atoms with Crippen LogP contribution in [0.25, 0.3) is 0 Å². The van der Waals surface area contributed by atoms with Crippen LogP contribution in [0.15, 0.2) is 55.0 Å². The van der Waals surface area contributed by atoms with Crippen LogP contribution in [0.2, 0.25) is 0 Å². The summed E-state index contributed by atoms with van der Waals surface area (Å²) in [6, 6.07) is 13.7. The first-order valence-electron chi connectivity index (χ1n) is 11.9. The largest absolute Gasteiger partial charge is 0.353 e. The Morgan fingerprint density at radius 3 is 2.40 bits per heavy atom. The lowest BCUT2D eigenvalue weighted by Crippen LogP contribution is -2.51. The first-order valence-corrected chi connectivity index (χ1v) is 11.9. The van der Waals surface area contributed by atoms with Crippen LogP contribution in [0.5, 0.6) is 0 Å². The van der Waals surface area contributed by atoms with Gasteiger partial charge in [0.25, 0.3) is 0 Å².